The van der Waals surface area contributed by atoms with E-state index < -0.39 is 0 Å². The molecular weight excluding hydrogens is 258 g/mol. The molecule has 0 saturated carbocycles. The molecular formula is C19H25NO. The van der Waals surface area contributed by atoms with Gasteiger partial charge in [0.25, 0.3) is 0 Å². The molecule has 0 aliphatic carbocycles. The first-order valence-electron chi connectivity index (χ1n) is 7.50. The number of nitrogens with one attached hydrogen (secondary N) is 1. The Morgan fingerprint density at radius 3 is 2.24 bits per heavy atom. The van der Waals surface area contributed by atoms with Crippen LogP contribution in [0.2, 0.25) is 0 Å². The smallest absolute Gasteiger partial charge is 0.122 e. The third-order valence-corrected chi connectivity index (χ3v) is 3.49. The van der Waals surface area contributed by atoms with E-state index in [-0.39, 0.29) is 6.10 Å². The lowest BCUT2D eigenvalue weighted by atomic mass is 10.1. The number of rotatable bonds is 5. The molecule has 2 heteroatoms. The maximum absolute atomic E-state index is 6.05. The molecule has 1 unspecified atom stereocenters. The number of aryl methyl sites for hydroxylation is 4. The summed E-state index contributed by atoms with van der Waals surface area (Å²) in [6, 6.07) is 12.8. The van der Waals surface area contributed by atoms with Gasteiger partial charge in [0.1, 0.15) is 11.9 Å². The van der Waals surface area contributed by atoms with Gasteiger partial charge in [0.05, 0.1) is 6.54 Å². The van der Waals surface area contributed by atoms with E-state index in [4.69, 9.17) is 4.74 Å². The summed E-state index contributed by atoms with van der Waals surface area (Å²) < 4.78 is 6.05. The number of hydrogen-bond donors (Lipinski definition) is 1. The Morgan fingerprint density at radius 1 is 0.905 bits per heavy atom. The predicted octanol–water partition coefficient (Wildman–Crippen LogP) is 4.80. The van der Waals surface area contributed by atoms with Crippen molar-refractivity contribution in [2.75, 3.05) is 11.9 Å². The van der Waals surface area contributed by atoms with Crippen LogP contribution in [0.1, 0.15) is 29.2 Å². The summed E-state index contributed by atoms with van der Waals surface area (Å²) in [6.45, 7) is 11.3. The molecule has 0 aromatic heterocycles. The lowest BCUT2D eigenvalue weighted by Crippen LogP contribution is -2.23. The summed E-state index contributed by atoms with van der Waals surface area (Å²) >= 11 is 0. The van der Waals surface area contributed by atoms with Crippen molar-refractivity contribution in [1.29, 1.82) is 0 Å². The molecule has 2 nitrogen and oxygen atoms in total. The quantitative estimate of drug-likeness (QED) is 0.851. The van der Waals surface area contributed by atoms with Gasteiger partial charge >= 0.3 is 0 Å². The van der Waals surface area contributed by atoms with Gasteiger partial charge in [-0.25, -0.2) is 0 Å². The lowest BCUT2D eigenvalue weighted by molar-refractivity contribution is 0.233. The van der Waals surface area contributed by atoms with Crippen LogP contribution < -0.4 is 10.1 Å². The molecule has 1 N–H and O–H groups in total. The first-order valence-corrected chi connectivity index (χ1v) is 7.50. The zero-order chi connectivity index (χ0) is 15.4. The molecule has 0 radical (unpaired) electrons. The van der Waals surface area contributed by atoms with Crippen molar-refractivity contribution in [1.82, 2.24) is 0 Å². The van der Waals surface area contributed by atoms with Crippen molar-refractivity contribution in [3.63, 3.8) is 0 Å². The molecule has 2 rings (SSSR count). The van der Waals surface area contributed by atoms with Gasteiger partial charge in [0.15, 0.2) is 0 Å². The summed E-state index contributed by atoms with van der Waals surface area (Å²) in [7, 11) is 0. The van der Waals surface area contributed by atoms with E-state index in [2.05, 4.69) is 76.3 Å². The SMILES string of the molecule is Cc1cc(C)cc(NCC(C)Oc2cc(C)ccc2C)c1. The van der Waals surface area contributed by atoms with Crippen LogP contribution in [-0.2, 0) is 0 Å². The second-order valence-electron chi connectivity index (χ2n) is 5.95. The van der Waals surface area contributed by atoms with Crippen LogP contribution in [0.3, 0.4) is 0 Å². The summed E-state index contributed by atoms with van der Waals surface area (Å²) in [5, 5.41) is 3.46. The minimum Gasteiger partial charge on any atom is -0.489 e. The largest absolute Gasteiger partial charge is 0.489 e. The van der Waals surface area contributed by atoms with Crippen molar-refractivity contribution in [3.05, 3.63) is 58.7 Å². The Bertz CT molecular complexity index is 599. The van der Waals surface area contributed by atoms with Crippen molar-refractivity contribution >= 4 is 5.69 Å². The molecule has 0 heterocycles. The van der Waals surface area contributed by atoms with Gasteiger partial charge in [0, 0.05) is 5.69 Å². The first-order chi connectivity index (χ1) is 9.94. The molecule has 0 fully saturated rings. The molecule has 112 valence electrons. The highest BCUT2D eigenvalue weighted by Gasteiger charge is 2.07. The van der Waals surface area contributed by atoms with Gasteiger partial charge in [-0.15, -0.1) is 0 Å². The average Bonchev–Trinajstić information content (AvgIpc) is 2.40. The Kier molecular flexibility index (Phi) is 4.89. The molecule has 21 heavy (non-hydrogen) atoms. The molecule has 0 aliphatic heterocycles. The standard InChI is InChI=1S/C19H25NO/c1-13-6-7-16(4)19(11-13)21-17(5)12-20-18-9-14(2)8-15(3)10-18/h6-11,17,20H,12H2,1-5H3. The van der Waals surface area contributed by atoms with Gasteiger partial charge < -0.3 is 10.1 Å². The third-order valence-electron chi connectivity index (χ3n) is 3.49. The van der Waals surface area contributed by atoms with Crippen LogP contribution in [0.4, 0.5) is 5.69 Å². The highest BCUT2D eigenvalue weighted by Crippen LogP contribution is 2.21. The van der Waals surface area contributed by atoms with E-state index in [1.54, 1.807) is 0 Å². The Morgan fingerprint density at radius 2 is 1.57 bits per heavy atom. The minimum atomic E-state index is 0.117. The van der Waals surface area contributed by atoms with E-state index in [0.29, 0.717) is 0 Å². The highest BCUT2D eigenvalue weighted by atomic mass is 16.5. The van der Waals surface area contributed by atoms with Crippen LogP contribution in [-0.4, -0.2) is 12.6 Å². The molecule has 0 saturated heterocycles. The van der Waals surface area contributed by atoms with Crippen LogP contribution in [0.25, 0.3) is 0 Å². The van der Waals surface area contributed by atoms with Crippen molar-refractivity contribution in [3.8, 4) is 5.75 Å². The average molecular weight is 283 g/mol. The number of benzene rings is 2. The van der Waals surface area contributed by atoms with Crippen molar-refractivity contribution in [2.24, 2.45) is 0 Å². The number of anilines is 1. The summed E-state index contributed by atoms with van der Waals surface area (Å²) in [6.07, 6.45) is 0.117. The monoisotopic (exact) mass is 283 g/mol. The normalized spacial score (nSPS) is 12.0. The van der Waals surface area contributed by atoms with E-state index in [1.807, 2.05) is 0 Å². The molecule has 0 amide bonds. The van der Waals surface area contributed by atoms with Crippen molar-refractivity contribution < 1.29 is 4.74 Å². The molecule has 2 aromatic rings. The molecule has 0 aliphatic rings. The Labute approximate surface area is 128 Å². The summed E-state index contributed by atoms with van der Waals surface area (Å²) in [5.41, 5.74) is 6.12. The van der Waals surface area contributed by atoms with E-state index >= 15 is 0 Å². The second-order valence-corrected chi connectivity index (χ2v) is 5.95. The van der Waals surface area contributed by atoms with Gasteiger partial charge in [0.2, 0.25) is 0 Å². The maximum Gasteiger partial charge on any atom is 0.122 e. The maximum atomic E-state index is 6.05. The van der Waals surface area contributed by atoms with Gasteiger partial charge in [-0.1, -0.05) is 18.2 Å². The summed E-state index contributed by atoms with van der Waals surface area (Å²) in [5.74, 6) is 0.977. The predicted molar refractivity (Wildman–Crippen MR) is 90.4 cm³/mol. The van der Waals surface area contributed by atoms with E-state index in [0.717, 1.165) is 18.0 Å². The topological polar surface area (TPSA) is 21.3 Å². The van der Waals surface area contributed by atoms with E-state index in [9.17, 15) is 0 Å². The van der Waals surface area contributed by atoms with Crippen LogP contribution >= 0.6 is 0 Å². The Hall–Kier alpha value is -1.96. The second kappa shape index (κ2) is 6.66. The number of ether oxygens (including phenoxy) is 1. The van der Waals surface area contributed by atoms with Gasteiger partial charge in [-0.3, -0.25) is 0 Å². The molecule has 0 spiro atoms. The zero-order valence-corrected chi connectivity index (χ0v) is 13.7. The van der Waals surface area contributed by atoms with Gasteiger partial charge in [-0.05, 0) is 75.1 Å². The lowest BCUT2D eigenvalue weighted by Gasteiger charge is -2.18. The Balaban J connectivity index is 1.95. The van der Waals surface area contributed by atoms with E-state index in [1.165, 1.54) is 22.3 Å². The fourth-order valence-corrected chi connectivity index (χ4v) is 2.43. The zero-order valence-electron chi connectivity index (χ0n) is 13.7. The third kappa shape index (κ3) is 4.52. The van der Waals surface area contributed by atoms with Gasteiger partial charge in [-0.2, -0.15) is 0 Å². The summed E-state index contributed by atoms with van der Waals surface area (Å²) in [4.78, 5) is 0. The minimum absolute atomic E-state index is 0.117. The number of hydrogen-bond acceptors (Lipinski definition) is 2. The fourth-order valence-electron chi connectivity index (χ4n) is 2.43. The van der Waals surface area contributed by atoms with Crippen molar-refractivity contribution in [2.45, 2.75) is 40.7 Å². The van der Waals surface area contributed by atoms with Crippen LogP contribution in [0, 0.1) is 27.7 Å². The molecule has 2 aromatic carbocycles. The molecule has 0 bridgehead atoms. The first kappa shape index (κ1) is 15.4. The van der Waals surface area contributed by atoms with Crippen LogP contribution in [0.15, 0.2) is 36.4 Å². The molecule has 1 atom stereocenters. The van der Waals surface area contributed by atoms with Crippen LogP contribution in [0.5, 0.6) is 5.75 Å². The highest BCUT2D eigenvalue weighted by molar-refractivity contribution is 5.48. The fraction of sp³-hybridized carbons (Fsp3) is 0.368.